The van der Waals surface area contributed by atoms with Gasteiger partial charge in [-0.3, -0.25) is 4.79 Å². The van der Waals surface area contributed by atoms with E-state index in [1.165, 1.54) is 0 Å². The van der Waals surface area contributed by atoms with Gasteiger partial charge in [-0.25, -0.2) is 9.97 Å². The van der Waals surface area contributed by atoms with Gasteiger partial charge in [0, 0.05) is 30.6 Å². The summed E-state index contributed by atoms with van der Waals surface area (Å²) in [4.78, 5) is 23.3. The Bertz CT molecular complexity index is 629. The van der Waals surface area contributed by atoms with Gasteiger partial charge in [0.2, 0.25) is 5.88 Å². The largest absolute Gasteiger partial charge is 0.472 e. The summed E-state index contributed by atoms with van der Waals surface area (Å²) < 4.78 is 11.3. The number of aromatic nitrogens is 3. The predicted octanol–water partition coefficient (Wildman–Crippen LogP) is 1.08. The lowest BCUT2D eigenvalue weighted by molar-refractivity contribution is -0.00460. The number of aryl methyl sites for hydroxylation is 1. The van der Waals surface area contributed by atoms with Gasteiger partial charge in [-0.2, -0.15) is 0 Å². The van der Waals surface area contributed by atoms with Crippen LogP contribution in [0, 0.1) is 6.92 Å². The van der Waals surface area contributed by atoms with E-state index in [0.717, 1.165) is 5.69 Å². The molecule has 2 aromatic rings. The van der Waals surface area contributed by atoms with E-state index in [1.54, 1.807) is 18.5 Å². The minimum atomic E-state index is -0.266. The van der Waals surface area contributed by atoms with Crippen LogP contribution in [-0.4, -0.2) is 46.2 Å². The topological polar surface area (TPSA) is 89.1 Å². The second-order valence-electron chi connectivity index (χ2n) is 5.18. The van der Waals surface area contributed by atoms with Crippen LogP contribution < -0.4 is 10.1 Å². The third-order valence-corrected chi connectivity index (χ3v) is 3.44. The third-order valence-electron chi connectivity index (χ3n) is 3.44. The van der Waals surface area contributed by atoms with Crippen molar-refractivity contribution < 1.29 is 14.3 Å². The number of amides is 1. The summed E-state index contributed by atoms with van der Waals surface area (Å²) in [7, 11) is 0. The minimum absolute atomic E-state index is 0.177. The molecule has 0 saturated carbocycles. The monoisotopic (exact) mass is 302 g/mol. The van der Waals surface area contributed by atoms with E-state index in [1.807, 2.05) is 19.1 Å². The third kappa shape index (κ3) is 3.43. The maximum Gasteiger partial charge on any atom is 0.287 e. The van der Waals surface area contributed by atoms with E-state index in [-0.39, 0.29) is 18.1 Å². The Hall–Kier alpha value is -2.41. The Morgan fingerprint density at radius 3 is 3.09 bits per heavy atom. The Balaban J connectivity index is 1.66. The molecule has 1 aliphatic rings. The van der Waals surface area contributed by atoms with Crippen molar-refractivity contribution in [3.63, 3.8) is 0 Å². The summed E-state index contributed by atoms with van der Waals surface area (Å²) in [6.45, 7) is 2.85. The highest BCUT2D eigenvalue weighted by Crippen LogP contribution is 2.16. The van der Waals surface area contributed by atoms with Crippen LogP contribution in [0.25, 0.3) is 0 Å². The molecule has 1 fully saturated rings. The summed E-state index contributed by atoms with van der Waals surface area (Å²) in [6.07, 6.45) is 3.81. The molecule has 1 amide bonds. The van der Waals surface area contributed by atoms with E-state index in [2.05, 4.69) is 20.3 Å². The van der Waals surface area contributed by atoms with Gasteiger partial charge in [0.15, 0.2) is 5.82 Å². The fraction of sp³-hybridized carbons (Fsp3) is 0.400. The molecule has 0 radical (unpaired) electrons. The smallest absolute Gasteiger partial charge is 0.287 e. The maximum absolute atomic E-state index is 12.2. The molecular weight excluding hydrogens is 284 g/mol. The van der Waals surface area contributed by atoms with Gasteiger partial charge >= 0.3 is 0 Å². The Labute approximate surface area is 128 Å². The first kappa shape index (κ1) is 14.5. The highest BCUT2D eigenvalue weighted by Gasteiger charge is 2.30. The Morgan fingerprint density at radius 1 is 1.45 bits per heavy atom. The number of nitrogens with zero attached hydrogens (tertiary/aromatic N) is 2. The van der Waals surface area contributed by atoms with E-state index in [9.17, 15) is 4.79 Å². The van der Waals surface area contributed by atoms with Gasteiger partial charge < -0.3 is 19.8 Å². The number of carbonyl (C=O) groups excluding carboxylic acids is 1. The molecule has 0 spiro atoms. The van der Waals surface area contributed by atoms with E-state index in [4.69, 9.17) is 9.47 Å². The molecule has 0 aliphatic carbocycles. The standard InChI is InChI=1S/C15H18N4O3/c1-10-8-17-14(18-10)15(20)19-11-9-21-7-5-12(11)22-13-4-2-3-6-16-13/h2-4,6,8,11-12H,5,7,9H2,1H3,(H,17,18)(H,19,20)/t11-,12-/m1/s1. The Morgan fingerprint density at radius 2 is 2.36 bits per heavy atom. The number of rotatable bonds is 4. The highest BCUT2D eigenvalue weighted by atomic mass is 16.5. The molecule has 1 aliphatic heterocycles. The van der Waals surface area contributed by atoms with Crippen molar-refractivity contribution in [3.8, 4) is 5.88 Å². The average molecular weight is 302 g/mol. The van der Waals surface area contributed by atoms with Gasteiger partial charge in [-0.1, -0.05) is 6.07 Å². The number of hydrogen-bond donors (Lipinski definition) is 2. The highest BCUT2D eigenvalue weighted by molar-refractivity contribution is 5.90. The van der Waals surface area contributed by atoms with Crippen LogP contribution in [0.2, 0.25) is 0 Å². The molecule has 7 heteroatoms. The quantitative estimate of drug-likeness (QED) is 0.882. The first-order valence-corrected chi connectivity index (χ1v) is 7.20. The van der Waals surface area contributed by atoms with Crippen LogP contribution in [0.3, 0.4) is 0 Å². The number of aromatic amines is 1. The maximum atomic E-state index is 12.2. The number of H-pyrrole nitrogens is 1. The van der Waals surface area contributed by atoms with Crippen molar-refractivity contribution in [1.29, 1.82) is 0 Å². The molecule has 0 bridgehead atoms. The number of carbonyl (C=O) groups is 1. The number of nitrogens with one attached hydrogen (secondary N) is 2. The lowest BCUT2D eigenvalue weighted by Gasteiger charge is -2.31. The molecule has 2 N–H and O–H groups in total. The molecule has 0 unspecified atom stereocenters. The van der Waals surface area contributed by atoms with Crippen molar-refractivity contribution in [1.82, 2.24) is 20.3 Å². The van der Waals surface area contributed by atoms with Crippen LogP contribution in [0.5, 0.6) is 5.88 Å². The van der Waals surface area contributed by atoms with Gasteiger partial charge in [0.25, 0.3) is 5.91 Å². The zero-order valence-corrected chi connectivity index (χ0v) is 12.3. The summed E-state index contributed by atoms with van der Waals surface area (Å²) in [5, 5.41) is 2.91. The predicted molar refractivity (Wildman–Crippen MR) is 78.7 cm³/mol. The molecule has 0 aromatic carbocycles. The molecule has 22 heavy (non-hydrogen) atoms. The normalized spacial score (nSPS) is 21.3. The van der Waals surface area contributed by atoms with Crippen LogP contribution in [0.1, 0.15) is 22.7 Å². The number of pyridine rings is 1. The van der Waals surface area contributed by atoms with Crippen LogP contribution in [0.15, 0.2) is 30.6 Å². The fourth-order valence-electron chi connectivity index (χ4n) is 2.33. The summed E-state index contributed by atoms with van der Waals surface area (Å²) in [5.41, 5.74) is 0.839. The van der Waals surface area contributed by atoms with Gasteiger partial charge in [-0.05, 0) is 13.0 Å². The summed E-state index contributed by atoms with van der Waals surface area (Å²) in [5.74, 6) is 0.570. The number of hydrogen-bond acceptors (Lipinski definition) is 5. The van der Waals surface area contributed by atoms with Crippen LogP contribution in [-0.2, 0) is 4.74 Å². The van der Waals surface area contributed by atoms with Crippen LogP contribution >= 0.6 is 0 Å². The van der Waals surface area contributed by atoms with Crippen LogP contribution in [0.4, 0.5) is 0 Å². The molecular formula is C15H18N4O3. The summed E-state index contributed by atoms with van der Waals surface area (Å²) in [6, 6.07) is 5.24. The lowest BCUT2D eigenvalue weighted by Crippen LogP contribution is -2.52. The molecule has 3 rings (SSSR count). The zero-order chi connectivity index (χ0) is 15.4. The number of ether oxygens (including phenoxy) is 2. The van der Waals surface area contributed by atoms with Gasteiger partial charge in [-0.15, -0.1) is 0 Å². The van der Waals surface area contributed by atoms with Crippen molar-refractivity contribution in [2.75, 3.05) is 13.2 Å². The molecule has 116 valence electrons. The first-order valence-electron chi connectivity index (χ1n) is 7.20. The second-order valence-corrected chi connectivity index (χ2v) is 5.18. The number of imidazole rings is 1. The van der Waals surface area contributed by atoms with Crippen molar-refractivity contribution >= 4 is 5.91 Å². The second kappa shape index (κ2) is 6.57. The first-order chi connectivity index (χ1) is 10.7. The SMILES string of the molecule is Cc1cnc(C(=O)N[C@@H]2COCC[C@H]2Oc2ccccn2)[nH]1. The van der Waals surface area contributed by atoms with Crippen molar-refractivity contribution in [3.05, 3.63) is 42.1 Å². The average Bonchev–Trinajstić information content (AvgIpc) is 2.97. The minimum Gasteiger partial charge on any atom is -0.472 e. The van der Waals surface area contributed by atoms with E-state index >= 15 is 0 Å². The zero-order valence-electron chi connectivity index (χ0n) is 12.3. The lowest BCUT2D eigenvalue weighted by atomic mass is 10.1. The molecule has 2 atom stereocenters. The fourth-order valence-corrected chi connectivity index (χ4v) is 2.33. The molecule has 1 saturated heterocycles. The van der Waals surface area contributed by atoms with Crippen molar-refractivity contribution in [2.45, 2.75) is 25.5 Å². The van der Waals surface area contributed by atoms with Gasteiger partial charge in [0.1, 0.15) is 6.10 Å². The summed E-state index contributed by atoms with van der Waals surface area (Å²) >= 11 is 0. The molecule has 7 nitrogen and oxygen atoms in total. The van der Waals surface area contributed by atoms with E-state index in [0.29, 0.717) is 31.3 Å². The molecule has 3 heterocycles. The van der Waals surface area contributed by atoms with E-state index < -0.39 is 0 Å². The molecule has 2 aromatic heterocycles. The van der Waals surface area contributed by atoms with Gasteiger partial charge in [0.05, 0.1) is 19.3 Å². The Kier molecular flexibility index (Phi) is 4.34. The van der Waals surface area contributed by atoms with Crippen molar-refractivity contribution in [2.24, 2.45) is 0 Å².